The van der Waals surface area contributed by atoms with Crippen molar-refractivity contribution in [3.8, 4) is 0 Å². The third-order valence-corrected chi connectivity index (χ3v) is 2.42. The van der Waals surface area contributed by atoms with Gasteiger partial charge in [0.05, 0.1) is 6.20 Å². The van der Waals surface area contributed by atoms with Crippen LogP contribution in [0.15, 0.2) is 12.4 Å². The molecule has 0 radical (unpaired) electrons. The van der Waals surface area contributed by atoms with E-state index in [2.05, 4.69) is 25.1 Å². The number of hydrogen-bond donors (Lipinski definition) is 1. The molecular formula is C11H21N3. The minimum Gasteiger partial charge on any atom is -0.330 e. The molecule has 0 aliphatic carbocycles. The summed E-state index contributed by atoms with van der Waals surface area (Å²) in [5.41, 5.74) is 7.04. The fourth-order valence-corrected chi connectivity index (χ4v) is 1.84. The zero-order valence-electron chi connectivity index (χ0n) is 9.40. The molecule has 14 heavy (non-hydrogen) atoms. The molecule has 0 aliphatic rings. The predicted octanol–water partition coefficient (Wildman–Crippen LogP) is 1.58. The van der Waals surface area contributed by atoms with E-state index in [1.54, 1.807) is 0 Å². The van der Waals surface area contributed by atoms with Gasteiger partial charge in [-0.15, -0.1) is 0 Å². The summed E-state index contributed by atoms with van der Waals surface area (Å²) in [4.78, 5) is 0. The monoisotopic (exact) mass is 195 g/mol. The van der Waals surface area contributed by atoms with E-state index in [9.17, 15) is 0 Å². The van der Waals surface area contributed by atoms with E-state index < -0.39 is 0 Å². The minimum atomic E-state index is 0.596. The van der Waals surface area contributed by atoms with Gasteiger partial charge >= 0.3 is 0 Å². The molecular weight excluding hydrogens is 174 g/mol. The van der Waals surface area contributed by atoms with Crippen molar-refractivity contribution in [3.05, 3.63) is 18.0 Å². The van der Waals surface area contributed by atoms with Crippen molar-refractivity contribution in [2.45, 2.75) is 26.7 Å². The molecule has 0 fully saturated rings. The molecule has 0 spiro atoms. The van der Waals surface area contributed by atoms with Gasteiger partial charge in [-0.3, -0.25) is 4.68 Å². The highest BCUT2D eigenvalue weighted by Gasteiger charge is 2.10. The maximum Gasteiger partial charge on any atom is 0.0521 e. The smallest absolute Gasteiger partial charge is 0.0521 e. The molecule has 1 rings (SSSR count). The number of hydrogen-bond acceptors (Lipinski definition) is 2. The van der Waals surface area contributed by atoms with Crippen LogP contribution < -0.4 is 5.73 Å². The molecule has 1 atom stereocenters. The van der Waals surface area contributed by atoms with Gasteiger partial charge in [0, 0.05) is 13.2 Å². The third-order valence-electron chi connectivity index (χ3n) is 2.42. The summed E-state index contributed by atoms with van der Waals surface area (Å²) in [6.07, 6.45) is 6.26. The molecule has 1 aromatic heterocycles. The van der Waals surface area contributed by atoms with Crippen molar-refractivity contribution in [1.82, 2.24) is 9.78 Å². The maximum absolute atomic E-state index is 5.75. The summed E-state index contributed by atoms with van der Waals surface area (Å²) in [5.74, 6) is 1.32. The minimum absolute atomic E-state index is 0.596. The fraction of sp³-hybridized carbons (Fsp3) is 0.727. The van der Waals surface area contributed by atoms with E-state index in [0.717, 1.165) is 18.9 Å². The number of aryl methyl sites for hydroxylation is 1. The topological polar surface area (TPSA) is 43.8 Å². The molecule has 0 aromatic carbocycles. The van der Waals surface area contributed by atoms with Crippen LogP contribution in [0.3, 0.4) is 0 Å². The Morgan fingerprint density at radius 1 is 1.50 bits per heavy atom. The van der Waals surface area contributed by atoms with Gasteiger partial charge in [0.25, 0.3) is 0 Å². The molecule has 0 amide bonds. The van der Waals surface area contributed by atoms with Crippen LogP contribution >= 0.6 is 0 Å². The standard InChI is InChI=1S/C11H21N3/c1-9(2)4-10(6-12)5-11-7-13-14(3)8-11/h7-10H,4-6,12H2,1-3H3. The van der Waals surface area contributed by atoms with Crippen molar-refractivity contribution in [2.24, 2.45) is 24.6 Å². The van der Waals surface area contributed by atoms with Crippen LogP contribution in [0.25, 0.3) is 0 Å². The Morgan fingerprint density at radius 2 is 2.21 bits per heavy atom. The number of rotatable bonds is 5. The first-order valence-electron chi connectivity index (χ1n) is 5.29. The predicted molar refractivity (Wildman–Crippen MR) is 58.9 cm³/mol. The van der Waals surface area contributed by atoms with Crippen LogP contribution in [-0.2, 0) is 13.5 Å². The second kappa shape index (κ2) is 5.15. The van der Waals surface area contributed by atoms with Crippen molar-refractivity contribution in [3.63, 3.8) is 0 Å². The average Bonchev–Trinajstić information content (AvgIpc) is 2.49. The van der Waals surface area contributed by atoms with Crippen LogP contribution in [0, 0.1) is 11.8 Å². The first kappa shape index (κ1) is 11.2. The maximum atomic E-state index is 5.75. The van der Waals surface area contributed by atoms with Gasteiger partial charge in [0.15, 0.2) is 0 Å². The zero-order valence-corrected chi connectivity index (χ0v) is 9.40. The summed E-state index contributed by atoms with van der Waals surface area (Å²) >= 11 is 0. The summed E-state index contributed by atoms with van der Waals surface area (Å²) < 4.78 is 1.85. The molecule has 0 saturated heterocycles. The molecule has 0 bridgehead atoms. The van der Waals surface area contributed by atoms with E-state index in [1.165, 1.54) is 12.0 Å². The molecule has 2 N–H and O–H groups in total. The second-order valence-corrected chi connectivity index (χ2v) is 4.46. The Balaban J connectivity index is 2.48. The van der Waals surface area contributed by atoms with Gasteiger partial charge < -0.3 is 5.73 Å². The van der Waals surface area contributed by atoms with Crippen molar-refractivity contribution >= 4 is 0 Å². The van der Waals surface area contributed by atoms with Crippen LogP contribution in [0.1, 0.15) is 25.8 Å². The first-order valence-corrected chi connectivity index (χ1v) is 5.29. The lowest BCUT2D eigenvalue weighted by Gasteiger charge is -2.15. The largest absolute Gasteiger partial charge is 0.330 e. The third kappa shape index (κ3) is 3.50. The van der Waals surface area contributed by atoms with Gasteiger partial charge in [0.2, 0.25) is 0 Å². The lowest BCUT2D eigenvalue weighted by Crippen LogP contribution is -2.18. The van der Waals surface area contributed by atoms with Gasteiger partial charge in [0.1, 0.15) is 0 Å². The molecule has 1 unspecified atom stereocenters. The van der Waals surface area contributed by atoms with Gasteiger partial charge in [-0.05, 0) is 36.8 Å². The highest BCUT2D eigenvalue weighted by molar-refractivity contribution is 5.04. The van der Waals surface area contributed by atoms with Crippen LogP contribution in [0.5, 0.6) is 0 Å². The molecule has 1 heterocycles. The van der Waals surface area contributed by atoms with Gasteiger partial charge in [-0.25, -0.2) is 0 Å². The Kier molecular flexibility index (Phi) is 4.14. The van der Waals surface area contributed by atoms with Crippen molar-refractivity contribution < 1.29 is 0 Å². The quantitative estimate of drug-likeness (QED) is 0.775. The molecule has 1 aromatic rings. The zero-order chi connectivity index (χ0) is 10.6. The van der Waals surface area contributed by atoms with Crippen molar-refractivity contribution in [1.29, 1.82) is 0 Å². The average molecular weight is 195 g/mol. The SMILES string of the molecule is CC(C)CC(CN)Cc1cnn(C)c1. The van der Waals surface area contributed by atoms with Crippen LogP contribution in [0.2, 0.25) is 0 Å². The molecule has 0 saturated carbocycles. The molecule has 3 nitrogen and oxygen atoms in total. The van der Waals surface area contributed by atoms with E-state index in [4.69, 9.17) is 5.73 Å². The summed E-state index contributed by atoms with van der Waals surface area (Å²) in [6.45, 7) is 5.25. The van der Waals surface area contributed by atoms with E-state index >= 15 is 0 Å². The first-order chi connectivity index (χ1) is 6.61. The Morgan fingerprint density at radius 3 is 2.64 bits per heavy atom. The lowest BCUT2D eigenvalue weighted by atomic mass is 9.92. The molecule has 3 heteroatoms. The lowest BCUT2D eigenvalue weighted by molar-refractivity contribution is 0.415. The van der Waals surface area contributed by atoms with E-state index in [0.29, 0.717) is 5.92 Å². The van der Waals surface area contributed by atoms with E-state index in [-0.39, 0.29) is 0 Å². The fourth-order valence-electron chi connectivity index (χ4n) is 1.84. The number of nitrogens with zero attached hydrogens (tertiary/aromatic N) is 2. The van der Waals surface area contributed by atoms with Crippen LogP contribution in [-0.4, -0.2) is 16.3 Å². The molecule has 0 aliphatic heterocycles. The highest BCUT2D eigenvalue weighted by atomic mass is 15.2. The number of nitrogens with two attached hydrogens (primary N) is 1. The van der Waals surface area contributed by atoms with Gasteiger partial charge in [-0.2, -0.15) is 5.10 Å². The van der Waals surface area contributed by atoms with Gasteiger partial charge in [-0.1, -0.05) is 13.8 Å². The number of aromatic nitrogens is 2. The highest BCUT2D eigenvalue weighted by Crippen LogP contribution is 2.15. The van der Waals surface area contributed by atoms with Crippen LogP contribution in [0.4, 0.5) is 0 Å². The Labute approximate surface area is 86.3 Å². The Bertz CT molecular complexity index is 265. The summed E-state index contributed by atoms with van der Waals surface area (Å²) in [7, 11) is 1.95. The van der Waals surface area contributed by atoms with Crippen molar-refractivity contribution in [2.75, 3.05) is 6.54 Å². The Hall–Kier alpha value is -0.830. The summed E-state index contributed by atoms with van der Waals surface area (Å²) in [6, 6.07) is 0. The van der Waals surface area contributed by atoms with E-state index in [1.807, 2.05) is 17.9 Å². The molecule has 80 valence electrons. The normalized spacial score (nSPS) is 13.5. The second-order valence-electron chi connectivity index (χ2n) is 4.46. The summed E-state index contributed by atoms with van der Waals surface area (Å²) in [5, 5.41) is 4.16.